The van der Waals surface area contributed by atoms with Crippen LogP contribution in [0.1, 0.15) is 19.4 Å². The molecule has 0 bridgehead atoms. The summed E-state index contributed by atoms with van der Waals surface area (Å²) in [6, 6.07) is 19.4. The summed E-state index contributed by atoms with van der Waals surface area (Å²) >= 11 is 0. The average molecular weight is 430 g/mol. The Hall–Kier alpha value is -3.99. The molecule has 3 rings (SSSR count). The van der Waals surface area contributed by atoms with Crippen LogP contribution in [0.2, 0.25) is 0 Å². The SMILES string of the molecule is C=C(C)C(=O)OCc1ccc(-c2ccc(-c3ccc(OC(=O)C(=C)C)cc3F)cc2)cc1. The number of carbonyl (C=O) groups is 2. The molecule has 0 heterocycles. The van der Waals surface area contributed by atoms with Gasteiger partial charge in [0.05, 0.1) is 0 Å². The zero-order chi connectivity index (χ0) is 23.3. The van der Waals surface area contributed by atoms with Crippen LogP contribution in [-0.4, -0.2) is 11.9 Å². The van der Waals surface area contributed by atoms with Gasteiger partial charge in [0.25, 0.3) is 0 Å². The lowest BCUT2D eigenvalue weighted by Crippen LogP contribution is -2.08. The molecule has 162 valence electrons. The minimum Gasteiger partial charge on any atom is -0.457 e. The van der Waals surface area contributed by atoms with Gasteiger partial charge >= 0.3 is 11.9 Å². The standard InChI is InChI=1S/C27H23FO4/c1-17(2)26(29)31-16-19-5-7-20(8-6-19)21-9-11-22(12-10-21)24-14-13-23(15-25(24)28)32-27(30)18(3)4/h5-15H,1,3,16H2,2,4H3. The van der Waals surface area contributed by atoms with Gasteiger partial charge in [0.2, 0.25) is 0 Å². The van der Waals surface area contributed by atoms with Crippen LogP contribution in [0.15, 0.2) is 91.0 Å². The maximum Gasteiger partial charge on any atom is 0.338 e. The Bertz CT molecular complexity index is 1180. The zero-order valence-electron chi connectivity index (χ0n) is 18.0. The molecule has 0 spiro atoms. The monoisotopic (exact) mass is 430 g/mol. The van der Waals surface area contributed by atoms with Crippen LogP contribution in [0.25, 0.3) is 22.3 Å². The molecule has 0 atom stereocenters. The molecule has 4 nitrogen and oxygen atoms in total. The van der Waals surface area contributed by atoms with E-state index in [1.165, 1.54) is 13.0 Å². The minimum atomic E-state index is -0.596. The van der Waals surface area contributed by atoms with Crippen molar-refractivity contribution < 1.29 is 23.5 Å². The number of halogens is 1. The Morgan fingerprint density at radius 1 is 0.781 bits per heavy atom. The van der Waals surface area contributed by atoms with Crippen molar-refractivity contribution in [2.24, 2.45) is 0 Å². The van der Waals surface area contributed by atoms with Gasteiger partial charge in [-0.05, 0) is 48.2 Å². The van der Waals surface area contributed by atoms with Gasteiger partial charge in [-0.1, -0.05) is 61.7 Å². The number of hydrogen-bond acceptors (Lipinski definition) is 4. The van der Waals surface area contributed by atoms with E-state index >= 15 is 0 Å². The van der Waals surface area contributed by atoms with Crippen LogP contribution in [0, 0.1) is 5.82 Å². The van der Waals surface area contributed by atoms with E-state index in [1.54, 1.807) is 19.1 Å². The van der Waals surface area contributed by atoms with Crippen LogP contribution >= 0.6 is 0 Å². The van der Waals surface area contributed by atoms with Crippen molar-refractivity contribution in [1.29, 1.82) is 0 Å². The Morgan fingerprint density at radius 2 is 1.31 bits per heavy atom. The van der Waals surface area contributed by atoms with Crippen molar-refractivity contribution in [3.8, 4) is 28.0 Å². The average Bonchev–Trinajstić information content (AvgIpc) is 2.78. The van der Waals surface area contributed by atoms with E-state index in [-0.39, 0.29) is 17.9 Å². The number of hydrogen-bond donors (Lipinski definition) is 0. The Kier molecular flexibility index (Phi) is 7.00. The predicted octanol–water partition coefficient (Wildman–Crippen LogP) is 6.26. The fraction of sp³-hybridized carbons (Fsp3) is 0.111. The molecule has 0 saturated heterocycles. The van der Waals surface area contributed by atoms with E-state index in [0.717, 1.165) is 16.7 Å². The molecule has 0 N–H and O–H groups in total. The molecular formula is C27H23FO4. The first kappa shape index (κ1) is 22.7. The second-order valence-electron chi connectivity index (χ2n) is 7.44. The van der Waals surface area contributed by atoms with E-state index in [0.29, 0.717) is 16.7 Å². The summed E-state index contributed by atoms with van der Waals surface area (Å²) in [5.74, 6) is -1.37. The molecule has 0 unspecified atom stereocenters. The number of rotatable bonds is 7. The van der Waals surface area contributed by atoms with Crippen molar-refractivity contribution in [2.45, 2.75) is 20.5 Å². The van der Waals surface area contributed by atoms with E-state index in [2.05, 4.69) is 13.2 Å². The minimum absolute atomic E-state index is 0.130. The van der Waals surface area contributed by atoms with Crippen molar-refractivity contribution in [3.05, 3.63) is 102 Å². The van der Waals surface area contributed by atoms with Crippen LogP contribution < -0.4 is 4.74 Å². The quantitative estimate of drug-likeness (QED) is 0.252. The molecule has 0 amide bonds. The van der Waals surface area contributed by atoms with Gasteiger partial charge in [0, 0.05) is 22.8 Å². The Balaban J connectivity index is 1.71. The number of carbonyl (C=O) groups excluding carboxylic acids is 2. The summed E-state index contributed by atoms with van der Waals surface area (Å²) in [7, 11) is 0. The maximum atomic E-state index is 14.6. The molecule has 0 radical (unpaired) electrons. The normalized spacial score (nSPS) is 10.3. The summed E-state index contributed by atoms with van der Waals surface area (Å²) < 4.78 is 24.8. The molecule has 0 aliphatic carbocycles. The molecule has 5 heteroatoms. The number of esters is 2. The second-order valence-corrected chi connectivity index (χ2v) is 7.44. The first-order valence-electron chi connectivity index (χ1n) is 9.94. The Labute approximate surface area is 186 Å². The van der Waals surface area contributed by atoms with E-state index in [4.69, 9.17) is 9.47 Å². The number of ether oxygens (including phenoxy) is 2. The molecule has 32 heavy (non-hydrogen) atoms. The van der Waals surface area contributed by atoms with Crippen molar-refractivity contribution in [2.75, 3.05) is 0 Å². The summed E-state index contributed by atoms with van der Waals surface area (Å²) in [5.41, 5.74) is 4.52. The fourth-order valence-corrected chi connectivity index (χ4v) is 2.90. The van der Waals surface area contributed by atoms with Crippen molar-refractivity contribution in [3.63, 3.8) is 0 Å². The lowest BCUT2D eigenvalue weighted by atomic mass is 9.99. The lowest BCUT2D eigenvalue weighted by molar-refractivity contribution is -0.140. The molecule has 3 aromatic carbocycles. The molecule has 3 aromatic rings. The summed E-state index contributed by atoms with van der Waals surface area (Å²) in [5, 5.41) is 0. The van der Waals surface area contributed by atoms with Crippen LogP contribution in [0.3, 0.4) is 0 Å². The Morgan fingerprint density at radius 3 is 1.84 bits per heavy atom. The molecule has 0 aliphatic heterocycles. The van der Waals surface area contributed by atoms with Crippen LogP contribution in [0.5, 0.6) is 5.75 Å². The molecule has 0 aromatic heterocycles. The topological polar surface area (TPSA) is 52.6 Å². The van der Waals surface area contributed by atoms with Gasteiger partial charge in [0.1, 0.15) is 18.2 Å². The smallest absolute Gasteiger partial charge is 0.338 e. The third-order valence-corrected chi connectivity index (χ3v) is 4.70. The highest BCUT2D eigenvalue weighted by Gasteiger charge is 2.11. The third kappa shape index (κ3) is 5.58. The van der Waals surface area contributed by atoms with Gasteiger partial charge in [-0.3, -0.25) is 0 Å². The van der Waals surface area contributed by atoms with Gasteiger partial charge < -0.3 is 9.47 Å². The van der Waals surface area contributed by atoms with E-state index < -0.39 is 17.8 Å². The van der Waals surface area contributed by atoms with E-state index in [1.807, 2.05) is 48.5 Å². The highest BCUT2D eigenvalue weighted by molar-refractivity contribution is 5.89. The molecular weight excluding hydrogens is 407 g/mol. The lowest BCUT2D eigenvalue weighted by Gasteiger charge is -2.09. The highest BCUT2D eigenvalue weighted by Crippen LogP contribution is 2.29. The molecule has 0 fully saturated rings. The first-order valence-corrected chi connectivity index (χ1v) is 9.94. The van der Waals surface area contributed by atoms with Crippen molar-refractivity contribution in [1.82, 2.24) is 0 Å². The molecule has 0 saturated carbocycles. The maximum absolute atomic E-state index is 14.6. The third-order valence-electron chi connectivity index (χ3n) is 4.70. The highest BCUT2D eigenvalue weighted by atomic mass is 19.1. The van der Waals surface area contributed by atoms with Crippen LogP contribution in [0.4, 0.5) is 4.39 Å². The van der Waals surface area contributed by atoms with Crippen LogP contribution in [-0.2, 0) is 20.9 Å². The second kappa shape index (κ2) is 9.88. The van der Waals surface area contributed by atoms with E-state index in [9.17, 15) is 14.0 Å². The predicted molar refractivity (Wildman–Crippen MR) is 122 cm³/mol. The molecule has 0 aliphatic rings. The summed E-state index contributed by atoms with van der Waals surface area (Å²) in [6.45, 7) is 10.4. The fourth-order valence-electron chi connectivity index (χ4n) is 2.90. The van der Waals surface area contributed by atoms with Crippen molar-refractivity contribution >= 4 is 11.9 Å². The summed E-state index contributed by atoms with van der Waals surface area (Å²) in [6.07, 6.45) is 0. The van der Waals surface area contributed by atoms with Gasteiger partial charge in [0.15, 0.2) is 0 Å². The summed E-state index contributed by atoms with van der Waals surface area (Å²) in [4.78, 5) is 23.1. The van der Waals surface area contributed by atoms with Gasteiger partial charge in [-0.15, -0.1) is 0 Å². The number of benzene rings is 3. The van der Waals surface area contributed by atoms with Gasteiger partial charge in [-0.25, -0.2) is 14.0 Å². The zero-order valence-corrected chi connectivity index (χ0v) is 18.0. The van der Waals surface area contributed by atoms with Gasteiger partial charge in [-0.2, -0.15) is 0 Å². The largest absolute Gasteiger partial charge is 0.457 e. The first-order chi connectivity index (χ1) is 15.2.